The van der Waals surface area contributed by atoms with Crippen molar-refractivity contribution in [1.82, 2.24) is 4.98 Å². The second-order valence-corrected chi connectivity index (χ2v) is 3.64. The molecule has 0 amide bonds. The van der Waals surface area contributed by atoms with Crippen LogP contribution in [0.25, 0.3) is 0 Å². The number of thiazole rings is 1. The van der Waals surface area contributed by atoms with Crippen molar-refractivity contribution in [3.05, 3.63) is 15.0 Å². The number of nitrogens with one attached hydrogen (secondary N) is 1. The SMILES string of the molecule is Cl.N=C(N)c1sc(Cl)nc1C(F)(F)F. The third-order valence-electron chi connectivity index (χ3n) is 1.11. The van der Waals surface area contributed by atoms with Gasteiger partial charge in [0.1, 0.15) is 10.7 Å². The number of nitrogens with zero attached hydrogens (tertiary/aromatic N) is 1. The maximum Gasteiger partial charge on any atom is 0.434 e. The van der Waals surface area contributed by atoms with E-state index in [9.17, 15) is 13.2 Å². The van der Waals surface area contributed by atoms with Crippen LogP contribution in [-0.4, -0.2) is 10.8 Å². The average molecular weight is 266 g/mol. The number of aromatic nitrogens is 1. The number of hydrogen-bond donors (Lipinski definition) is 2. The van der Waals surface area contributed by atoms with E-state index in [1.807, 2.05) is 0 Å². The van der Waals surface area contributed by atoms with E-state index in [0.29, 0.717) is 11.3 Å². The lowest BCUT2D eigenvalue weighted by Crippen LogP contribution is -2.16. The summed E-state index contributed by atoms with van der Waals surface area (Å²) in [5.41, 5.74) is 3.72. The van der Waals surface area contributed by atoms with E-state index in [2.05, 4.69) is 4.98 Å². The van der Waals surface area contributed by atoms with Crippen LogP contribution in [0.15, 0.2) is 0 Å². The minimum atomic E-state index is -4.62. The van der Waals surface area contributed by atoms with Crippen molar-refractivity contribution < 1.29 is 13.2 Å². The Morgan fingerprint density at radius 1 is 1.50 bits per heavy atom. The fourth-order valence-electron chi connectivity index (χ4n) is 0.669. The lowest BCUT2D eigenvalue weighted by molar-refractivity contribution is -0.140. The third kappa shape index (κ3) is 2.73. The predicted molar refractivity (Wildman–Crippen MR) is 50.4 cm³/mol. The summed E-state index contributed by atoms with van der Waals surface area (Å²) in [6.45, 7) is 0. The van der Waals surface area contributed by atoms with Gasteiger partial charge in [-0.1, -0.05) is 22.9 Å². The summed E-state index contributed by atoms with van der Waals surface area (Å²) in [6, 6.07) is 0. The van der Waals surface area contributed by atoms with Gasteiger partial charge in [0, 0.05) is 0 Å². The molecule has 1 aromatic heterocycles. The first-order valence-electron chi connectivity index (χ1n) is 2.90. The first-order chi connectivity index (χ1) is 5.82. The van der Waals surface area contributed by atoms with Crippen LogP contribution in [0.5, 0.6) is 0 Å². The highest BCUT2D eigenvalue weighted by molar-refractivity contribution is 7.17. The van der Waals surface area contributed by atoms with E-state index in [4.69, 9.17) is 22.7 Å². The van der Waals surface area contributed by atoms with E-state index in [-0.39, 0.29) is 16.9 Å². The van der Waals surface area contributed by atoms with Gasteiger partial charge in [0.25, 0.3) is 0 Å². The quantitative estimate of drug-likeness (QED) is 0.606. The Hall–Kier alpha value is -0.530. The van der Waals surface area contributed by atoms with Gasteiger partial charge in [-0.2, -0.15) is 13.2 Å². The monoisotopic (exact) mass is 265 g/mol. The normalized spacial score (nSPS) is 10.9. The molecule has 0 aliphatic rings. The predicted octanol–water partition coefficient (Wildman–Crippen LogP) is 2.52. The van der Waals surface area contributed by atoms with Crippen molar-refractivity contribution in [3.8, 4) is 0 Å². The largest absolute Gasteiger partial charge is 0.434 e. The molecule has 3 nitrogen and oxygen atoms in total. The van der Waals surface area contributed by atoms with Crippen LogP contribution in [0.4, 0.5) is 13.2 Å². The highest BCUT2D eigenvalue weighted by atomic mass is 35.5. The third-order valence-corrected chi connectivity index (χ3v) is 2.31. The number of halogens is 5. The van der Waals surface area contributed by atoms with Crippen molar-refractivity contribution >= 4 is 41.2 Å². The Labute approximate surface area is 92.0 Å². The Morgan fingerprint density at radius 3 is 2.29 bits per heavy atom. The van der Waals surface area contributed by atoms with E-state index < -0.39 is 22.6 Å². The molecule has 0 radical (unpaired) electrons. The molecule has 1 rings (SSSR count). The van der Waals surface area contributed by atoms with Crippen LogP contribution >= 0.6 is 35.3 Å². The van der Waals surface area contributed by atoms with Gasteiger partial charge < -0.3 is 5.73 Å². The zero-order chi connectivity index (χ0) is 10.2. The van der Waals surface area contributed by atoms with Gasteiger partial charge in [-0.15, -0.1) is 12.4 Å². The molecule has 0 bridgehead atoms. The zero-order valence-corrected chi connectivity index (χ0v) is 8.74. The zero-order valence-electron chi connectivity index (χ0n) is 6.35. The summed E-state index contributed by atoms with van der Waals surface area (Å²) in [5.74, 6) is -0.684. The summed E-state index contributed by atoms with van der Waals surface area (Å²) in [4.78, 5) is 2.59. The lowest BCUT2D eigenvalue weighted by Gasteiger charge is -2.03. The maximum atomic E-state index is 12.2. The van der Waals surface area contributed by atoms with Crippen LogP contribution in [0, 0.1) is 5.41 Å². The van der Waals surface area contributed by atoms with Gasteiger partial charge in [-0.3, -0.25) is 5.41 Å². The highest BCUT2D eigenvalue weighted by Crippen LogP contribution is 2.35. The molecule has 0 saturated heterocycles. The number of nitrogens with two attached hydrogens (primary N) is 1. The standard InChI is InChI=1S/C5H3ClF3N3S.ClH/c6-4-12-2(5(7,8)9)1(13-4)3(10)11;/h(H3,10,11);1H. The van der Waals surface area contributed by atoms with Crippen molar-refractivity contribution in [1.29, 1.82) is 5.41 Å². The number of rotatable bonds is 1. The van der Waals surface area contributed by atoms with Gasteiger partial charge in [-0.05, 0) is 0 Å². The number of hydrogen-bond acceptors (Lipinski definition) is 3. The fraction of sp³-hybridized carbons (Fsp3) is 0.200. The van der Waals surface area contributed by atoms with Crippen LogP contribution in [0.1, 0.15) is 10.6 Å². The topological polar surface area (TPSA) is 62.8 Å². The summed E-state index contributed by atoms with van der Waals surface area (Å²) in [6.07, 6.45) is -4.62. The van der Waals surface area contributed by atoms with Gasteiger partial charge in [-0.25, -0.2) is 4.98 Å². The molecule has 80 valence electrons. The van der Waals surface area contributed by atoms with E-state index in [1.165, 1.54) is 0 Å². The molecule has 0 aliphatic heterocycles. The molecular formula is C5H4Cl2F3N3S. The molecule has 0 unspecified atom stereocenters. The highest BCUT2D eigenvalue weighted by Gasteiger charge is 2.38. The van der Waals surface area contributed by atoms with Gasteiger partial charge in [0.2, 0.25) is 0 Å². The van der Waals surface area contributed by atoms with Crippen LogP contribution in [-0.2, 0) is 6.18 Å². The summed E-state index contributed by atoms with van der Waals surface area (Å²) < 4.78 is 36.2. The molecule has 0 atom stereocenters. The van der Waals surface area contributed by atoms with E-state index in [1.54, 1.807) is 0 Å². The van der Waals surface area contributed by atoms with Crippen molar-refractivity contribution in [2.45, 2.75) is 6.18 Å². The van der Waals surface area contributed by atoms with E-state index in [0.717, 1.165) is 0 Å². The van der Waals surface area contributed by atoms with Crippen molar-refractivity contribution in [2.75, 3.05) is 0 Å². The van der Waals surface area contributed by atoms with Gasteiger partial charge >= 0.3 is 6.18 Å². The second kappa shape index (κ2) is 4.33. The lowest BCUT2D eigenvalue weighted by atomic mass is 10.3. The number of nitrogen functional groups attached to an aromatic ring is 1. The summed E-state index contributed by atoms with van der Waals surface area (Å²) >= 11 is 5.80. The Bertz CT molecular complexity index is 348. The minimum absolute atomic E-state index is 0. The smallest absolute Gasteiger partial charge is 0.383 e. The van der Waals surface area contributed by atoms with Crippen molar-refractivity contribution in [2.24, 2.45) is 5.73 Å². The summed E-state index contributed by atoms with van der Waals surface area (Å²) in [5, 5.41) is 6.86. The van der Waals surface area contributed by atoms with Crippen molar-refractivity contribution in [3.63, 3.8) is 0 Å². The Balaban J connectivity index is 0.00000169. The molecule has 1 heterocycles. The van der Waals surface area contributed by atoms with Crippen LogP contribution < -0.4 is 5.73 Å². The molecule has 0 aliphatic carbocycles. The Morgan fingerprint density at radius 2 is 2.00 bits per heavy atom. The molecule has 14 heavy (non-hydrogen) atoms. The second-order valence-electron chi connectivity index (χ2n) is 2.06. The fourth-order valence-corrected chi connectivity index (χ4v) is 1.66. The summed E-state index contributed by atoms with van der Waals surface area (Å²) in [7, 11) is 0. The molecule has 0 fully saturated rings. The molecule has 0 spiro atoms. The number of amidine groups is 1. The maximum absolute atomic E-state index is 12.2. The first-order valence-corrected chi connectivity index (χ1v) is 4.09. The first kappa shape index (κ1) is 13.5. The van der Waals surface area contributed by atoms with E-state index >= 15 is 0 Å². The van der Waals surface area contributed by atoms with Gasteiger partial charge in [0.05, 0.1) is 0 Å². The van der Waals surface area contributed by atoms with Crippen LogP contribution in [0.3, 0.4) is 0 Å². The molecular weight excluding hydrogens is 262 g/mol. The van der Waals surface area contributed by atoms with Gasteiger partial charge in [0.15, 0.2) is 10.2 Å². The molecule has 3 N–H and O–H groups in total. The Kier molecular flexibility index (Phi) is 4.16. The average Bonchev–Trinajstić information content (AvgIpc) is 2.29. The number of alkyl halides is 3. The molecule has 9 heteroatoms. The van der Waals surface area contributed by atoms with Crippen LogP contribution in [0.2, 0.25) is 4.47 Å². The molecule has 1 aromatic rings. The molecule has 0 aromatic carbocycles. The minimum Gasteiger partial charge on any atom is -0.383 e. The molecule has 0 saturated carbocycles.